The van der Waals surface area contributed by atoms with E-state index in [0.29, 0.717) is 6.42 Å². The second-order valence-electron chi connectivity index (χ2n) is 11.1. The summed E-state index contributed by atoms with van der Waals surface area (Å²) in [6.45, 7) is 4.14. The molecule has 1 amide bonds. The Labute approximate surface area is 235 Å². The lowest BCUT2D eigenvalue weighted by Crippen LogP contribution is -2.45. The van der Waals surface area contributed by atoms with Crippen LogP contribution in [0.2, 0.25) is 0 Å². The fraction of sp³-hybridized carbons (Fsp3) is 0.848. The minimum Gasteiger partial charge on any atom is -0.394 e. The Balaban J connectivity index is 3.83. The van der Waals surface area contributed by atoms with Gasteiger partial charge in [0.05, 0.1) is 31.3 Å². The molecule has 4 N–H and O–H groups in total. The van der Waals surface area contributed by atoms with Crippen molar-refractivity contribution in [2.45, 2.75) is 173 Å². The van der Waals surface area contributed by atoms with Crippen molar-refractivity contribution in [3.63, 3.8) is 0 Å². The van der Waals surface area contributed by atoms with E-state index in [0.717, 1.165) is 32.1 Å². The van der Waals surface area contributed by atoms with E-state index in [1.165, 1.54) is 96.3 Å². The fourth-order valence-electron chi connectivity index (χ4n) is 4.71. The molecule has 224 valence electrons. The third kappa shape index (κ3) is 25.1. The summed E-state index contributed by atoms with van der Waals surface area (Å²) in [5.74, 6) is -0.329. The first-order valence-corrected chi connectivity index (χ1v) is 16.1. The van der Waals surface area contributed by atoms with E-state index in [1.54, 1.807) is 6.08 Å². The van der Waals surface area contributed by atoms with Crippen LogP contribution in [-0.2, 0) is 4.79 Å². The van der Waals surface area contributed by atoms with E-state index in [4.69, 9.17) is 0 Å². The van der Waals surface area contributed by atoms with Gasteiger partial charge in [-0.05, 0) is 32.1 Å². The molecule has 3 atom stereocenters. The molecular weight excluding hydrogens is 474 g/mol. The number of aliphatic hydroxyl groups is 3. The highest BCUT2D eigenvalue weighted by Crippen LogP contribution is 2.14. The summed E-state index contributed by atoms with van der Waals surface area (Å²) in [6.07, 6.45) is 31.5. The maximum absolute atomic E-state index is 12.3. The highest BCUT2D eigenvalue weighted by Gasteiger charge is 2.20. The number of nitrogens with one attached hydrogen (secondary N) is 1. The normalized spacial score (nSPS) is 14.3. The van der Waals surface area contributed by atoms with Crippen LogP contribution in [0.3, 0.4) is 0 Å². The van der Waals surface area contributed by atoms with E-state index < -0.39 is 18.2 Å². The van der Waals surface area contributed by atoms with Crippen LogP contribution < -0.4 is 5.32 Å². The highest BCUT2D eigenvalue weighted by molar-refractivity contribution is 5.76. The predicted octanol–water partition coefficient (Wildman–Crippen LogP) is 7.92. The number of carbonyl (C=O) groups is 1. The van der Waals surface area contributed by atoms with Gasteiger partial charge in [-0.3, -0.25) is 4.79 Å². The van der Waals surface area contributed by atoms with Gasteiger partial charge in [-0.1, -0.05) is 141 Å². The monoisotopic (exact) mass is 537 g/mol. The van der Waals surface area contributed by atoms with Gasteiger partial charge in [-0.25, -0.2) is 0 Å². The van der Waals surface area contributed by atoms with E-state index in [9.17, 15) is 20.1 Å². The minimum absolute atomic E-state index is 0.00814. The maximum atomic E-state index is 12.3. The molecule has 0 aliphatic carbocycles. The quantitative estimate of drug-likeness (QED) is 0.0603. The second-order valence-corrected chi connectivity index (χ2v) is 11.1. The Kier molecular flexibility index (Phi) is 27.9. The van der Waals surface area contributed by atoms with Crippen LogP contribution >= 0.6 is 0 Å². The van der Waals surface area contributed by atoms with Gasteiger partial charge in [0.2, 0.25) is 5.91 Å². The molecule has 0 radical (unpaired) electrons. The first-order valence-electron chi connectivity index (χ1n) is 16.1. The lowest BCUT2D eigenvalue weighted by Gasteiger charge is -2.21. The van der Waals surface area contributed by atoms with Gasteiger partial charge in [0, 0.05) is 0 Å². The second kappa shape index (κ2) is 28.8. The average molecular weight is 538 g/mol. The molecule has 0 aliphatic heterocycles. The number of allylic oxidation sites excluding steroid dienone is 3. The van der Waals surface area contributed by atoms with E-state index in [2.05, 4.69) is 31.3 Å². The number of carbonyl (C=O) groups excluding carboxylic acids is 1. The molecule has 0 bridgehead atoms. The summed E-state index contributed by atoms with van der Waals surface area (Å²) in [6, 6.07) is -0.753. The Morgan fingerprint density at radius 2 is 1.13 bits per heavy atom. The first kappa shape index (κ1) is 36.8. The molecule has 0 heterocycles. The largest absolute Gasteiger partial charge is 0.394 e. The number of aliphatic hydroxyl groups excluding tert-OH is 3. The van der Waals surface area contributed by atoms with Gasteiger partial charge in [0.15, 0.2) is 0 Å². The molecule has 0 saturated carbocycles. The third-order valence-electron chi connectivity index (χ3n) is 7.24. The Hall–Kier alpha value is -1.17. The molecule has 0 aliphatic rings. The molecule has 3 unspecified atom stereocenters. The summed E-state index contributed by atoms with van der Waals surface area (Å²) < 4.78 is 0. The van der Waals surface area contributed by atoms with Crippen molar-refractivity contribution in [3.05, 3.63) is 24.3 Å². The minimum atomic E-state index is -0.944. The van der Waals surface area contributed by atoms with Gasteiger partial charge in [0.25, 0.3) is 0 Å². The van der Waals surface area contributed by atoms with Gasteiger partial charge in [0.1, 0.15) is 0 Å². The first-order chi connectivity index (χ1) is 18.5. The molecule has 0 aromatic rings. The topological polar surface area (TPSA) is 89.8 Å². The molecule has 5 nitrogen and oxygen atoms in total. The van der Waals surface area contributed by atoms with Crippen LogP contribution in [0, 0.1) is 0 Å². The van der Waals surface area contributed by atoms with Gasteiger partial charge in [-0.15, -0.1) is 0 Å². The Morgan fingerprint density at radius 3 is 1.68 bits per heavy atom. The summed E-state index contributed by atoms with van der Waals surface area (Å²) in [4.78, 5) is 12.3. The zero-order valence-corrected chi connectivity index (χ0v) is 25.1. The van der Waals surface area contributed by atoms with Gasteiger partial charge >= 0.3 is 0 Å². The van der Waals surface area contributed by atoms with Gasteiger partial charge < -0.3 is 20.6 Å². The number of unbranched alkanes of at least 4 members (excludes halogenated alkanes) is 17. The zero-order valence-electron chi connectivity index (χ0n) is 25.1. The number of hydrogen-bond acceptors (Lipinski definition) is 4. The molecule has 0 aromatic carbocycles. The number of rotatable bonds is 28. The zero-order chi connectivity index (χ0) is 28.1. The van der Waals surface area contributed by atoms with Crippen molar-refractivity contribution in [1.29, 1.82) is 0 Å². The summed E-state index contributed by atoms with van der Waals surface area (Å²) in [5, 5.41) is 32.8. The summed E-state index contributed by atoms with van der Waals surface area (Å²) in [5.41, 5.74) is 0. The molecule has 0 saturated heterocycles. The molecule has 38 heavy (non-hydrogen) atoms. The molecule has 0 spiro atoms. The van der Waals surface area contributed by atoms with Crippen LogP contribution in [0.1, 0.15) is 155 Å². The molecule has 0 fully saturated rings. The molecule has 0 aromatic heterocycles. The van der Waals surface area contributed by atoms with Crippen LogP contribution in [0.5, 0.6) is 0 Å². The number of hydrogen-bond donors (Lipinski definition) is 4. The molecule has 5 heteroatoms. The standard InChI is InChI=1S/C33H63NO4/c1-3-5-7-9-11-13-15-17-18-20-22-24-26-30(36)28-33(38)34-31(29-35)32(37)27-25-23-21-19-16-14-12-10-8-6-4-2/h16,19,25,27,30-32,35-37H,3-15,17-18,20-24,26,28-29H2,1-2H3,(H,34,38)/b19-16+,27-25+. The Bertz CT molecular complexity index is 563. The smallest absolute Gasteiger partial charge is 0.222 e. The third-order valence-corrected chi connectivity index (χ3v) is 7.24. The van der Waals surface area contributed by atoms with Crippen molar-refractivity contribution < 1.29 is 20.1 Å². The lowest BCUT2D eigenvalue weighted by atomic mass is 10.0. The van der Waals surface area contributed by atoms with Crippen molar-refractivity contribution >= 4 is 5.91 Å². The molecule has 0 rings (SSSR count). The van der Waals surface area contributed by atoms with E-state index >= 15 is 0 Å². The average Bonchev–Trinajstić information content (AvgIpc) is 2.90. The van der Waals surface area contributed by atoms with Gasteiger partial charge in [-0.2, -0.15) is 0 Å². The van der Waals surface area contributed by atoms with Crippen molar-refractivity contribution in [3.8, 4) is 0 Å². The predicted molar refractivity (Wildman–Crippen MR) is 162 cm³/mol. The van der Waals surface area contributed by atoms with Crippen LogP contribution in [0.15, 0.2) is 24.3 Å². The molecular formula is C33H63NO4. The van der Waals surface area contributed by atoms with Crippen LogP contribution in [-0.4, -0.2) is 46.1 Å². The number of amides is 1. The van der Waals surface area contributed by atoms with E-state index in [-0.39, 0.29) is 18.9 Å². The Morgan fingerprint density at radius 1 is 0.658 bits per heavy atom. The van der Waals surface area contributed by atoms with Crippen molar-refractivity contribution in [2.75, 3.05) is 6.61 Å². The summed E-state index contributed by atoms with van der Waals surface area (Å²) in [7, 11) is 0. The van der Waals surface area contributed by atoms with Crippen molar-refractivity contribution in [2.24, 2.45) is 0 Å². The van der Waals surface area contributed by atoms with Crippen molar-refractivity contribution in [1.82, 2.24) is 5.32 Å². The maximum Gasteiger partial charge on any atom is 0.222 e. The summed E-state index contributed by atoms with van der Waals surface area (Å²) >= 11 is 0. The SMILES string of the molecule is CCCCCCC/C=C/CC/C=C/C(O)C(CO)NC(=O)CC(O)CCCCCCCCCCCCCC. The lowest BCUT2D eigenvalue weighted by molar-refractivity contribution is -0.124. The fourth-order valence-corrected chi connectivity index (χ4v) is 4.71. The van der Waals surface area contributed by atoms with Crippen LogP contribution in [0.25, 0.3) is 0 Å². The van der Waals surface area contributed by atoms with E-state index in [1.807, 2.05) is 6.08 Å². The van der Waals surface area contributed by atoms with Crippen LogP contribution in [0.4, 0.5) is 0 Å². The highest BCUT2D eigenvalue weighted by atomic mass is 16.3.